The van der Waals surface area contributed by atoms with Crippen molar-refractivity contribution in [3.8, 4) is 5.75 Å². The van der Waals surface area contributed by atoms with Crippen LogP contribution in [0, 0.1) is 0 Å². The Balaban J connectivity index is 2.14. The maximum absolute atomic E-state index is 5.80. The summed E-state index contributed by atoms with van der Waals surface area (Å²) >= 11 is 1.72. The molecular weight excluding hydrogens is 246 g/mol. The number of methoxy groups -OCH3 is 1. The van der Waals surface area contributed by atoms with Crippen molar-refractivity contribution in [3.05, 3.63) is 18.2 Å². The molecule has 0 amide bonds. The molecule has 3 N–H and O–H groups in total. The van der Waals surface area contributed by atoms with Crippen molar-refractivity contribution in [1.82, 2.24) is 9.97 Å². The number of imidazole rings is 1. The molecule has 0 radical (unpaired) electrons. The molecule has 0 aliphatic rings. The molecule has 0 aliphatic carbocycles. The molecule has 0 saturated heterocycles. The molecule has 4 nitrogen and oxygen atoms in total. The van der Waals surface area contributed by atoms with E-state index in [0.717, 1.165) is 28.4 Å². The van der Waals surface area contributed by atoms with Crippen LogP contribution >= 0.6 is 11.8 Å². The molecule has 2 rings (SSSR count). The van der Waals surface area contributed by atoms with E-state index in [4.69, 9.17) is 10.5 Å². The number of hydrogen-bond donors (Lipinski definition) is 2. The quantitative estimate of drug-likeness (QED) is 0.816. The zero-order chi connectivity index (χ0) is 13.1. The van der Waals surface area contributed by atoms with Crippen LogP contribution in [0.2, 0.25) is 0 Å². The molecule has 1 aromatic carbocycles. The maximum atomic E-state index is 5.80. The number of rotatable bonds is 5. The number of nitrogens with one attached hydrogen (secondary N) is 1. The van der Waals surface area contributed by atoms with Crippen LogP contribution in [-0.4, -0.2) is 28.4 Å². The van der Waals surface area contributed by atoms with E-state index in [9.17, 15) is 0 Å². The van der Waals surface area contributed by atoms with Crippen LogP contribution in [-0.2, 0) is 0 Å². The fraction of sp³-hybridized carbons (Fsp3) is 0.462. The largest absolute Gasteiger partial charge is 0.497 e. The molecule has 0 spiro atoms. The van der Waals surface area contributed by atoms with Crippen LogP contribution in [0.5, 0.6) is 5.75 Å². The average Bonchev–Trinajstić information content (AvgIpc) is 2.68. The van der Waals surface area contributed by atoms with Gasteiger partial charge in [0, 0.05) is 17.4 Å². The third-order valence-corrected chi connectivity index (χ3v) is 3.70. The van der Waals surface area contributed by atoms with Gasteiger partial charge >= 0.3 is 0 Å². The normalized spacial score (nSPS) is 14.7. The molecule has 1 heterocycles. The number of aromatic nitrogens is 2. The molecule has 0 bridgehead atoms. The SMILES string of the molecule is COc1ccc2nc(SC(C)CC(C)N)[nH]c2c1. The minimum absolute atomic E-state index is 0.219. The minimum Gasteiger partial charge on any atom is -0.497 e. The Labute approximate surface area is 111 Å². The maximum Gasteiger partial charge on any atom is 0.166 e. The van der Waals surface area contributed by atoms with Crippen LogP contribution in [0.3, 0.4) is 0 Å². The number of nitrogens with zero attached hydrogens (tertiary/aromatic N) is 1. The Morgan fingerprint density at radius 3 is 2.89 bits per heavy atom. The molecule has 18 heavy (non-hydrogen) atoms. The van der Waals surface area contributed by atoms with Crippen molar-refractivity contribution in [1.29, 1.82) is 0 Å². The van der Waals surface area contributed by atoms with E-state index < -0.39 is 0 Å². The summed E-state index contributed by atoms with van der Waals surface area (Å²) in [7, 11) is 1.66. The van der Waals surface area contributed by atoms with Gasteiger partial charge in [-0.3, -0.25) is 0 Å². The Bertz CT molecular complexity index is 524. The summed E-state index contributed by atoms with van der Waals surface area (Å²) in [5.74, 6) is 0.839. The van der Waals surface area contributed by atoms with Crippen molar-refractivity contribution in [2.45, 2.75) is 36.7 Å². The highest BCUT2D eigenvalue weighted by Crippen LogP contribution is 2.27. The lowest BCUT2D eigenvalue weighted by Crippen LogP contribution is -2.19. The molecule has 0 fully saturated rings. The highest BCUT2D eigenvalue weighted by atomic mass is 32.2. The predicted molar refractivity (Wildman–Crippen MR) is 76.2 cm³/mol. The molecule has 1 aromatic heterocycles. The van der Waals surface area contributed by atoms with E-state index in [0.29, 0.717) is 5.25 Å². The number of nitrogens with two attached hydrogens (primary N) is 1. The lowest BCUT2D eigenvalue weighted by Gasteiger charge is -2.11. The Morgan fingerprint density at radius 1 is 1.44 bits per heavy atom. The first-order chi connectivity index (χ1) is 8.58. The third kappa shape index (κ3) is 3.17. The molecule has 98 valence electrons. The van der Waals surface area contributed by atoms with Crippen LogP contribution in [0.1, 0.15) is 20.3 Å². The Kier molecular flexibility index (Phi) is 4.14. The zero-order valence-electron chi connectivity index (χ0n) is 10.9. The van der Waals surface area contributed by atoms with E-state index >= 15 is 0 Å². The molecule has 5 heteroatoms. The number of ether oxygens (including phenoxy) is 1. The standard InChI is InChI=1S/C13H19N3OS/c1-8(14)6-9(2)18-13-15-11-5-4-10(17-3)7-12(11)16-13/h4-5,7-9H,6,14H2,1-3H3,(H,15,16). The van der Waals surface area contributed by atoms with Gasteiger partial charge in [-0.25, -0.2) is 4.98 Å². The van der Waals surface area contributed by atoms with Gasteiger partial charge in [0.25, 0.3) is 0 Å². The average molecular weight is 265 g/mol. The highest BCUT2D eigenvalue weighted by Gasteiger charge is 2.10. The molecule has 2 atom stereocenters. The second-order valence-corrected chi connectivity index (χ2v) is 5.99. The third-order valence-electron chi connectivity index (χ3n) is 2.68. The molecule has 2 unspecified atom stereocenters. The number of aromatic amines is 1. The predicted octanol–water partition coefficient (Wildman–Crippen LogP) is 2.79. The van der Waals surface area contributed by atoms with Crippen molar-refractivity contribution >= 4 is 22.8 Å². The highest BCUT2D eigenvalue weighted by molar-refractivity contribution is 7.99. The van der Waals surface area contributed by atoms with Crippen LogP contribution in [0.4, 0.5) is 0 Å². The minimum atomic E-state index is 0.219. The van der Waals surface area contributed by atoms with Gasteiger partial charge in [0.05, 0.1) is 18.1 Å². The molecule has 0 saturated carbocycles. The smallest absolute Gasteiger partial charge is 0.166 e. The zero-order valence-corrected chi connectivity index (χ0v) is 11.8. The van der Waals surface area contributed by atoms with Gasteiger partial charge in [-0.1, -0.05) is 18.7 Å². The van der Waals surface area contributed by atoms with Gasteiger partial charge < -0.3 is 15.5 Å². The first-order valence-electron chi connectivity index (χ1n) is 6.04. The fourth-order valence-electron chi connectivity index (χ4n) is 1.91. The fourth-order valence-corrected chi connectivity index (χ4v) is 3.01. The van der Waals surface area contributed by atoms with E-state index in [-0.39, 0.29) is 6.04 Å². The second kappa shape index (κ2) is 5.63. The second-order valence-electron chi connectivity index (χ2n) is 4.57. The van der Waals surface area contributed by atoms with Gasteiger partial charge in [-0.05, 0) is 25.5 Å². The lowest BCUT2D eigenvalue weighted by molar-refractivity contribution is 0.415. The van der Waals surface area contributed by atoms with Crippen molar-refractivity contribution < 1.29 is 4.74 Å². The number of thioether (sulfide) groups is 1. The van der Waals surface area contributed by atoms with Gasteiger partial charge in [-0.2, -0.15) is 0 Å². The monoisotopic (exact) mass is 265 g/mol. The van der Waals surface area contributed by atoms with Gasteiger partial charge in [-0.15, -0.1) is 0 Å². The number of fused-ring (bicyclic) bond motifs is 1. The number of H-pyrrole nitrogens is 1. The van der Waals surface area contributed by atoms with Crippen LogP contribution in [0.25, 0.3) is 11.0 Å². The molecular formula is C13H19N3OS. The van der Waals surface area contributed by atoms with E-state index in [1.807, 2.05) is 25.1 Å². The molecule has 0 aliphatic heterocycles. The summed E-state index contributed by atoms with van der Waals surface area (Å²) in [6.45, 7) is 4.20. The number of hydrogen-bond acceptors (Lipinski definition) is 4. The Morgan fingerprint density at radius 2 is 2.22 bits per heavy atom. The summed E-state index contributed by atoms with van der Waals surface area (Å²) in [6, 6.07) is 6.06. The summed E-state index contributed by atoms with van der Waals surface area (Å²) < 4.78 is 5.19. The first kappa shape index (κ1) is 13.2. The van der Waals surface area contributed by atoms with Gasteiger partial charge in [0.2, 0.25) is 0 Å². The topological polar surface area (TPSA) is 63.9 Å². The lowest BCUT2D eigenvalue weighted by atomic mass is 10.2. The van der Waals surface area contributed by atoms with E-state index in [2.05, 4.69) is 16.9 Å². The van der Waals surface area contributed by atoms with Gasteiger partial charge in [0.1, 0.15) is 5.75 Å². The van der Waals surface area contributed by atoms with E-state index in [1.165, 1.54) is 0 Å². The summed E-state index contributed by atoms with van der Waals surface area (Å²) in [5.41, 5.74) is 7.77. The van der Waals surface area contributed by atoms with Gasteiger partial charge in [0.15, 0.2) is 5.16 Å². The Hall–Kier alpha value is -1.20. The molecule has 2 aromatic rings. The van der Waals surface area contributed by atoms with Crippen molar-refractivity contribution in [2.24, 2.45) is 5.73 Å². The number of benzene rings is 1. The first-order valence-corrected chi connectivity index (χ1v) is 6.92. The summed E-state index contributed by atoms with van der Waals surface area (Å²) in [6.07, 6.45) is 0.977. The van der Waals surface area contributed by atoms with Crippen molar-refractivity contribution in [3.63, 3.8) is 0 Å². The van der Waals surface area contributed by atoms with Crippen LogP contribution in [0.15, 0.2) is 23.4 Å². The van der Waals surface area contributed by atoms with Crippen molar-refractivity contribution in [2.75, 3.05) is 7.11 Å². The van der Waals surface area contributed by atoms with E-state index in [1.54, 1.807) is 18.9 Å². The van der Waals surface area contributed by atoms with Crippen LogP contribution < -0.4 is 10.5 Å². The summed E-state index contributed by atoms with van der Waals surface area (Å²) in [4.78, 5) is 7.85. The summed E-state index contributed by atoms with van der Waals surface area (Å²) in [5, 5.41) is 1.39.